The van der Waals surface area contributed by atoms with Crippen LogP contribution in [0.15, 0.2) is 68.0 Å². The molecular weight excluding hydrogens is 588 g/mol. The van der Waals surface area contributed by atoms with Crippen LogP contribution in [-0.4, -0.2) is 40.9 Å². The Morgan fingerprint density at radius 3 is 2.51 bits per heavy atom. The highest BCUT2D eigenvalue weighted by atomic mass is 79.9. The Labute approximate surface area is 236 Å². The van der Waals surface area contributed by atoms with E-state index in [-0.39, 0.29) is 11.7 Å². The minimum Gasteiger partial charge on any atom is -0.494 e. The molecule has 0 saturated carbocycles. The van der Waals surface area contributed by atoms with Crippen molar-refractivity contribution in [3.05, 3.63) is 89.0 Å². The number of nitrogens with zero attached hydrogens (tertiary/aromatic N) is 2. The van der Waals surface area contributed by atoms with Crippen molar-refractivity contribution in [2.45, 2.75) is 39.8 Å². The van der Waals surface area contributed by atoms with Gasteiger partial charge in [0.25, 0.3) is 5.56 Å². The number of esters is 1. The van der Waals surface area contributed by atoms with Gasteiger partial charge in [0.15, 0.2) is 11.4 Å². The number of aromatic nitrogens is 1. The van der Waals surface area contributed by atoms with E-state index in [1.807, 2.05) is 19.1 Å². The Balaban J connectivity index is 1.82. The summed E-state index contributed by atoms with van der Waals surface area (Å²) in [6, 6.07) is 11.6. The molecule has 0 bridgehead atoms. The maximum atomic E-state index is 13.8. The van der Waals surface area contributed by atoms with Gasteiger partial charge in [0.05, 0.1) is 39.0 Å². The van der Waals surface area contributed by atoms with Gasteiger partial charge in [0, 0.05) is 0 Å². The quantitative estimate of drug-likeness (QED) is 0.364. The lowest BCUT2D eigenvalue weighted by atomic mass is 9.96. The number of thiazole rings is 1. The largest absolute Gasteiger partial charge is 0.494 e. The lowest BCUT2D eigenvalue weighted by molar-refractivity contribution is -0.143. The third-order valence-corrected chi connectivity index (χ3v) is 7.30. The molecule has 1 atom stereocenters. The molecule has 1 aliphatic heterocycles. The van der Waals surface area contributed by atoms with E-state index in [1.165, 1.54) is 15.9 Å². The van der Waals surface area contributed by atoms with E-state index in [0.29, 0.717) is 48.7 Å². The highest BCUT2D eigenvalue weighted by Gasteiger charge is 2.33. The molecule has 0 aliphatic carbocycles. The van der Waals surface area contributed by atoms with E-state index in [4.69, 9.17) is 19.3 Å². The molecule has 0 saturated heterocycles. The van der Waals surface area contributed by atoms with Crippen LogP contribution in [0.25, 0.3) is 6.08 Å². The molecule has 9 nitrogen and oxygen atoms in total. The summed E-state index contributed by atoms with van der Waals surface area (Å²) in [4.78, 5) is 42.9. The zero-order valence-electron chi connectivity index (χ0n) is 21.8. The third kappa shape index (κ3) is 6.31. The second-order valence-electron chi connectivity index (χ2n) is 8.91. The standard InChI is InChI=1S/C28H27BrN2O7S/c1-5-36-19-9-7-18(8-10-19)25-24(27(35)38-15(2)3)16(4)30-28-31(25)26(34)22(39-28)13-17-6-11-21(20(29)12-17)37-14-23(32)33/h6-13,15,25H,5,14H2,1-4H3,(H,32,33)/b22-13-/t25-/m0/s1. The van der Waals surface area contributed by atoms with Crippen molar-refractivity contribution in [2.75, 3.05) is 13.2 Å². The number of fused-ring (bicyclic) bond motifs is 1. The van der Waals surface area contributed by atoms with Crippen LogP contribution in [0, 0.1) is 0 Å². The van der Waals surface area contributed by atoms with Gasteiger partial charge in [-0.2, -0.15) is 0 Å². The van der Waals surface area contributed by atoms with E-state index in [1.54, 1.807) is 57.2 Å². The van der Waals surface area contributed by atoms with Crippen LogP contribution in [-0.2, 0) is 14.3 Å². The molecule has 3 aromatic rings. The number of rotatable bonds is 9. The number of hydrogen-bond acceptors (Lipinski definition) is 8. The van der Waals surface area contributed by atoms with E-state index in [9.17, 15) is 14.4 Å². The van der Waals surface area contributed by atoms with Gasteiger partial charge in [0.1, 0.15) is 11.5 Å². The molecule has 2 heterocycles. The topological polar surface area (TPSA) is 116 Å². The number of aliphatic carboxylic acids is 1. The molecule has 0 fully saturated rings. The molecule has 0 spiro atoms. The average molecular weight is 616 g/mol. The van der Waals surface area contributed by atoms with Gasteiger partial charge in [0.2, 0.25) is 0 Å². The smallest absolute Gasteiger partial charge is 0.341 e. The molecule has 11 heteroatoms. The monoisotopic (exact) mass is 614 g/mol. The van der Waals surface area contributed by atoms with Gasteiger partial charge in [-0.3, -0.25) is 9.36 Å². The number of carboxylic acid groups (broad SMARTS) is 1. The van der Waals surface area contributed by atoms with Crippen molar-refractivity contribution in [3.8, 4) is 11.5 Å². The van der Waals surface area contributed by atoms with Crippen molar-refractivity contribution in [2.24, 2.45) is 4.99 Å². The number of carboxylic acids is 1. The van der Waals surface area contributed by atoms with Crippen LogP contribution in [0.3, 0.4) is 0 Å². The number of halogens is 1. The predicted octanol–water partition coefficient (Wildman–Crippen LogP) is 3.81. The Hall–Kier alpha value is -3.70. The fourth-order valence-electron chi connectivity index (χ4n) is 4.10. The maximum Gasteiger partial charge on any atom is 0.341 e. The Bertz CT molecular complexity index is 1620. The zero-order chi connectivity index (χ0) is 28.3. The van der Waals surface area contributed by atoms with Gasteiger partial charge >= 0.3 is 11.9 Å². The van der Waals surface area contributed by atoms with Crippen molar-refractivity contribution >= 4 is 45.3 Å². The van der Waals surface area contributed by atoms with Crippen molar-refractivity contribution in [3.63, 3.8) is 0 Å². The first kappa shape index (κ1) is 28.3. The summed E-state index contributed by atoms with van der Waals surface area (Å²) < 4.78 is 18.9. The highest BCUT2D eigenvalue weighted by Crippen LogP contribution is 2.32. The molecule has 1 aliphatic rings. The predicted molar refractivity (Wildman–Crippen MR) is 150 cm³/mol. The molecule has 204 valence electrons. The number of benzene rings is 2. The Morgan fingerprint density at radius 1 is 1.18 bits per heavy atom. The number of carbonyl (C=O) groups is 2. The fourth-order valence-corrected chi connectivity index (χ4v) is 5.66. The van der Waals surface area contributed by atoms with Gasteiger partial charge in [-0.05, 0) is 85.1 Å². The minimum atomic E-state index is -1.08. The summed E-state index contributed by atoms with van der Waals surface area (Å²) in [6.07, 6.45) is 1.38. The Kier molecular flexibility index (Phi) is 8.71. The molecule has 39 heavy (non-hydrogen) atoms. The van der Waals surface area contributed by atoms with Crippen molar-refractivity contribution < 1.29 is 28.9 Å². The summed E-state index contributed by atoms with van der Waals surface area (Å²) in [5, 5.41) is 8.85. The molecule has 0 amide bonds. The summed E-state index contributed by atoms with van der Waals surface area (Å²) >= 11 is 4.60. The second kappa shape index (κ2) is 12.0. The van der Waals surface area contributed by atoms with Crippen LogP contribution < -0.4 is 24.4 Å². The molecule has 1 N–H and O–H groups in total. The van der Waals surface area contributed by atoms with Crippen LogP contribution >= 0.6 is 27.3 Å². The van der Waals surface area contributed by atoms with E-state index >= 15 is 0 Å². The number of hydrogen-bond donors (Lipinski definition) is 1. The van der Waals surface area contributed by atoms with Gasteiger partial charge in [-0.25, -0.2) is 14.6 Å². The molecule has 2 aromatic carbocycles. The number of allylic oxidation sites excluding steroid dienone is 1. The molecule has 1 aromatic heterocycles. The summed E-state index contributed by atoms with van der Waals surface area (Å²) in [7, 11) is 0. The van der Waals surface area contributed by atoms with Gasteiger partial charge < -0.3 is 19.3 Å². The average Bonchev–Trinajstić information content (AvgIpc) is 3.17. The Morgan fingerprint density at radius 2 is 1.90 bits per heavy atom. The van der Waals surface area contributed by atoms with Crippen molar-refractivity contribution in [1.29, 1.82) is 0 Å². The van der Waals surface area contributed by atoms with E-state index in [0.717, 1.165) is 5.56 Å². The van der Waals surface area contributed by atoms with Crippen LogP contribution in [0.5, 0.6) is 11.5 Å². The molecular formula is C28H27BrN2O7S. The second-order valence-corrected chi connectivity index (χ2v) is 10.8. The SMILES string of the molecule is CCOc1ccc([C@H]2C(C(=O)OC(C)C)=C(C)N=c3s/c(=C\c4ccc(OCC(=O)O)c(Br)c4)c(=O)n32)cc1. The van der Waals surface area contributed by atoms with Crippen LogP contribution in [0.2, 0.25) is 0 Å². The highest BCUT2D eigenvalue weighted by molar-refractivity contribution is 9.10. The van der Waals surface area contributed by atoms with Crippen LogP contribution in [0.4, 0.5) is 0 Å². The summed E-state index contributed by atoms with van der Waals surface area (Å²) in [5.41, 5.74) is 1.90. The zero-order valence-corrected chi connectivity index (χ0v) is 24.2. The molecule has 0 unspecified atom stereocenters. The van der Waals surface area contributed by atoms with E-state index in [2.05, 4.69) is 20.9 Å². The van der Waals surface area contributed by atoms with Gasteiger partial charge in [-0.1, -0.05) is 29.5 Å². The third-order valence-electron chi connectivity index (χ3n) is 5.70. The normalized spacial score (nSPS) is 15.1. The van der Waals surface area contributed by atoms with Gasteiger partial charge in [-0.15, -0.1) is 0 Å². The number of carbonyl (C=O) groups excluding carboxylic acids is 1. The lowest BCUT2D eigenvalue weighted by Crippen LogP contribution is -2.40. The first-order valence-corrected chi connectivity index (χ1v) is 13.8. The molecule has 4 rings (SSSR count). The first-order chi connectivity index (χ1) is 18.6. The number of ether oxygens (including phenoxy) is 3. The summed E-state index contributed by atoms with van der Waals surface area (Å²) in [6.45, 7) is 7.22. The van der Waals surface area contributed by atoms with Crippen molar-refractivity contribution in [1.82, 2.24) is 4.57 Å². The first-order valence-electron chi connectivity index (χ1n) is 12.2. The fraction of sp³-hybridized carbons (Fsp3) is 0.286. The van der Waals surface area contributed by atoms with Crippen LogP contribution in [0.1, 0.15) is 44.9 Å². The molecule has 0 radical (unpaired) electrons. The lowest BCUT2D eigenvalue weighted by Gasteiger charge is -2.25. The van der Waals surface area contributed by atoms with E-state index < -0.39 is 24.6 Å². The minimum absolute atomic E-state index is 0.300. The maximum absolute atomic E-state index is 13.8. The summed E-state index contributed by atoms with van der Waals surface area (Å²) in [5.74, 6) is -0.557.